The van der Waals surface area contributed by atoms with E-state index in [1.54, 1.807) is 23.1 Å². The van der Waals surface area contributed by atoms with E-state index in [4.69, 9.17) is 16.3 Å². The molecule has 2 heterocycles. The van der Waals surface area contributed by atoms with E-state index in [1.165, 1.54) is 27.8 Å². The molecule has 0 saturated carbocycles. The third-order valence-corrected chi connectivity index (χ3v) is 9.05. The molecule has 0 bridgehead atoms. The van der Waals surface area contributed by atoms with Gasteiger partial charge in [-0.25, -0.2) is 13.4 Å². The van der Waals surface area contributed by atoms with Gasteiger partial charge in [-0.1, -0.05) is 22.9 Å². The Morgan fingerprint density at radius 3 is 2.42 bits per heavy atom. The predicted octanol–water partition coefficient (Wildman–Crippen LogP) is 4.35. The van der Waals surface area contributed by atoms with Crippen LogP contribution >= 0.6 is 22.9 Å². The molecule has 1 fully saturated rings. The number of benzene rings is 2. The van der Waals surface area contributed by atoms with Gasteiger partial charge in [0.2, 0.25) is 10.0 Å². The molecule has 1 aliphatic rings. The fourth-order valence-corrected chi connectivity index (χ4v) is 7.09. The molecule has 194 valence electrons. The number of carbonyl (C=O) groups is 1. The molecule has 1 saturated heterocycles. The number of rotatable bonds is 8. The fourth-order valence-electron chi connectivity index (χ4n) is 4.23. The summed E-state index contributed by atoms with van der Waals surface area (Å²) in [4.78, 5) is 22.1. The number of halogens is 1. The number of sulfonamides is 1. The van der Waals surface area contributed by atoms with Crippen LogP contribution in [0.3, 0.4) is 0 Å². The van der Waals surface area contributed by atoms with Crippen molar-refractivity contribution in [1.29, 1.82) is 0 Å². The predicted molar refractivity (Wildman–Crippen MR) is 145 cm³/mol. The number of anilines is 1. The number of ether oxygens (including phenoxy) is 1. The van der Waals surface area contributed by atoms with Gasteiger partial charge in [-0.05, 0) is 83.4 Å². The SMILES string of the molecule is CC1CN(S(=O)(=O)c2ccc(C(=O)N(CCCN(C)C)c3nc4ccc(Cl)cc4s3)cc2)CC(C)O1. The van der Waals surface area contributed by atoms with E-state index in [2.05, 4.69) is 9.88 Å². The number of aromatic nitrogens is 1. The summed E-state index contributed by atoms with van der Waals surface area (Å²) in [5, 5.41) is 1.20. The van der Waals surface area contributed by atoms with Crippen LogP contribution in [0, 0.1) is 0 Å². The van der Waals surface area contributed by atoms with Crippen molar-refractivity contribution in [2.45, 2.75) is 37.4 Å². The Balaban J connectivity index is 1.59. The molecule has 2 atom stereocenters. The molecule has 1 aliphatic heterocycles. The Morgan fingerprint density at radius 2 is 1.78 bits per heavy atom. The lowest BCUT2D eigenvalue weighted by atomic mass is 10.2. The number of thiazole rings is 1. The summed E-state index contributed by atoms with van der Waals surface area (Å²) < 4.78 is 34.4. The molecule has 11 heteroatoms. The van der Waals surface area contributed by atoms with E-state index in [1.807, 2.05) is 40.1 Å². The minimum atomic E-state index is -3.69. The standard InChI is InChI=1S/C25H31ClN4O4S2/c1-17-15-29(16-18(2)34-17)36(32,33)21-9-6-19(7-10-21)24(31)30(13-5-12-28(3)4)25-27-22-11-8-20(26)14-23(22)35-25/h6-11,14,17-18H,5,12-13,15-16H2,1-4H3. The second-order valence-corrected chi connectivity index (χ2v) is 12.7. The molecule has 3 aromatic rings. The molecule has 2 unspecified atom stereocenters. The van der Waals surface area contributed by atoms with Gasteiger partial charge in [0.25, 0.3) is 5.91 Å². The molecule has 36 heavy (non-hydrogen) atoms. The number of amides is 1. The third kappa shape index (κ3) is 6.07. The summed E-state index contributed by atoms with van der Waals surface area (Å²) in [5.74, 6) is -0.225. The van der Waals surface area contributed by atoms with E-state index in [9.17, 15) is 13.2 Å². The first kappa shape index (κ1) is 27.0. The highest BCUT2D eigenvalue weighted by molar-refractivity contribution is 7.89. The summed E-state index contributed by atoms with van der Waals surface area (Å²) in [6.45, 7) is 5.62. The second-order valence-electron chi connectivity index (χ2n) is 9.33. The Hall–Kier alpha value is -2.08. The molecule has 0 aliphatic carbocycles. The van der Waals surface area contributed by atoms with Crippen molar-refractivity contribution < 1.29 is 17.9 Å². The Kier molecular flexibility index (Phi) is 8.33. The van der Waals surface area contributed by atoms with Gasteiger partial charge in [-0.3, -0.25) is 9.69 Å². The topological polar surface area (TPSA) is 83.1 Å². The normalized spacial score (nSPS) is 19.2. The van der Waals surface area contributed by atoms with Gasteiger partial charge in [-0.2, -0.15) is 4.31 Å². The minimum absolute atomic E-state index is 0.161. The third-order valence-electron chi connectivity index (χ3n) is 5.93. The van der Waals surface area contributed by atoms with E-state index in [-0.39, 0.29) is 23.0 Å². The number of hydrogen-bond acceptors (Lipinski definition) is 7. The minimum Gasteiger partial charge on any atom is -0.373 e. The molecule has 1 amide bonds. The van der Waals surface area contributed by atoms with Crippen LogP contribution in [-0.4, -0.2) is 81.0 Å². The maximum Gasteiger partial charge on any atom is 0.260 e. The molecular weight excluding hydrogens is 520 g/mol. The molecule has 0 N–H and O–H groups in total. The van der Waals surface area contributed by atoms with Gasteiger partial charge in [0, 0.05) is 30.2 Å². The van der Waals surface area contributed by atoms with Gasteiger partial charge < -0.3 is 9.64 Å². The lowest BCUT2D eigenvalue weighted by Crippen LogP contribution is -2.48. The Labute approximate surface area is 221 Å². The van der Waals surface area contributed by atoms with Crippen molar-refractivity contribution in [2.75, 3.05) is 45.2 Å². The van der Waals surface area contributed by atoms with Crippen LogP contribution < -0.4 is 4.90 Å². The molecular formula is C25H31ClN4O4S2. The average molecular weight is 551 g/mol. The monoisotopic (exact) mass is 550 g/mol. The van der Waals surface area contributed by atoms with Crippen LogP contribution in [0.2, 0.25) is 5.02 Å². The summed E-state index contributed by atoms with van der Waals surface area (Å²) in [7, 11) is 0.286. The number of nitrogens with zero attached hydrogens (tertiary/aromatic N) is 4. The quantitative estimate of drug-likeness (QED) is 0.415. The number of hydrogen-bond donors (Lipinski definition) is 0. The van der Waals surface area contributed by atoms with Crippen LogP contribution in [0.4, 0.5) is 5.13 Å². The average Bonchev–Trinajstić information content (AvgIpc) is 3.23. The van der Waals surface area contributed by atoms with E-state index in [0.29, 0.717) is 35.4 Å². The van der Waals surface area contributed by atoms with Crippen molar-refractivity contribution in [3.8, 4) is 0 Å². The zero-order valence-corrected chi connectivity index (χ0v) is 23.2. The zero-order chi connectivity index (χ0) is 26.0. The largest absolute Gasteiger partial charge is 0.373 e. The molecule has 2 aromatic carbocycles. The van der Waals surface area contributed by atoms with Crippen molar-refractivity contribution in [1.82, 2.24) is 14.2 Å². The maximum atomic E-state index is 13.6. The molecule has 1 aromatic heterocycles. The van der Waals surface area contributed by atoms with Crippen LogP contribution in [-0.2, 0) is 14.8 Å². The van der Waals surface area contributed by atoms with Crippen molar-refractivity contribution in [3.05, 3.63) is 53.1 Å². The van der Waals surface area contributed by atoms with Gasteiger partial charge in [0.05, 0.1) is 27.3 Å². The summed E-state index contributed by atoms with van der Waals surface area (Å²) >= 11 is 7.55. The smallest absolute Gasteiger partial charge is 0.260 e. The summed E-state index contributed by atoms with van der Waals surface area (Å²) in [5.41, 5.74) is 1.18. The van der Waals surface area contributed by atoms with Crippen molar-refractivity contribution in [3.63, 3.8) is 0 Å². The second kappa shape index (κ2) is 11.1. The van der Waals surface area contributed by atoms with Gasteiger partial charge in [0.15, 0.2) is 5.13 Å². The number of morpholine rings is 1. The highest BCUT2D eigenvalue weighted by Gasteiger charge is 2.32. The number of fused-ring (bicyclic) bond motifs is 1. The van der Waals surface area contributed by atoms with E-state index >= 15 is 0 Å². The molecule has 4 rings (SSSR count). The van der Waals surface area contributed by atoms with Gasteiger partial charge in [0.1, 0.15) is 0 Å². The number of carbonyl (C=O) groups excluding carboxylic acids is 1. The summed E-state index contributed by atoms with van der Waals surface area (Å²) in [6.07, 6.45) is 0.405. The van der Waals surface area contributed by atoms with Crippen LogP contribution in [0.15, 0.2) is 47.4 Å². The van der Waals surface area contributed by atoms with Crippen molar-refractivity contribution >= 4 is 54.2 Å². The highest BCUT2D eigenvalue weighted by atomic mass is 35.5. The Morgan fingerprint density at radius 1 is 1.11 bits per heavy atom. The van der Waals surface area contributed by atoms with Crippen LogP contribution in [0.5, 0.6) is 0 Å². The van der Waals surface area contributed by atoms with Crippen molar-refractivity contribution in [2.24, 2.45) is 0 Å². The van der Waals surface area contributed by atoms with Gasteiger partial charge in [-0.15, -0.1) is 0 Å². The van der Waals surface area contributed by atoms with E-state index < -0.39 is 10.0 Å². The lowest BCUT2D eigenvalue weighted by Gasteiger charge is -2.34. The van der Waals surface area contributed by atoms with E-state index in [0.717, 1.165) is 23.2 Å². The Bertz CT molecular complexity index is 1320. The van der Waals surface area contributed by atoms with Crippen LogP contribution in [0.1, 0.15) is 30.6 Å². The molecule has 8 nitrogen and oxygen atoms in total. The highest BCUT2D eigenvalue weighted by Crippen LogP contribution is 2.32. The van der Waals surface area contributed by atoms with Gasteiger partial charge >= 0.3 is 0 Å². The fraction of sp³-hybridized carbons (Fsp3) is 0.440. The zero-order valence-electron chi connectivity index (χ0n) is 20.8. The lowest BCUT2D eigenvalue weighted by molar-refractivity contribution is -0.0440. The first-order chi connectivity index (χ1) is 17.0. The molecule has 0 radical (unpaired) electrons. The summed E-state index contributed by atoms with van der Waals surface area (Å²) in [6, 6.07) is 11.6. The first-order valence-electron chi connectivity index (χ1n) is 11.8. The maximum absolute atomic E-state index is 13.6. The first-order valence-corrected chi connectivity index (χ1v) is 14.5. The molecule has 0 spiro atoms. The van der Waals surface area contributed by atoms with Crippen LogP contribution in [0.25, 0.3) is 10.2 Å².